The Labute approximate surface area is 128 Å². The second kappa shape index (κ2) is 6.13. The van der Waals surface area contributed by atoms with E-state index in [2.05, 4.69) is 10.1 Å². The summed E-state index contributed by atoms with van der Waals surface area (Å²) in [4.78, 5) is 17.5. The Balaban J connectivity index is 2.15. The van der Waals surface area contributed by atoms with Crippen LogP contribution in [-0.2, 0) is 11.3 Å². The average molecular weight is 306 g/mol. The Morgan fingerprint density at radius 2 is 2.14 bits per heavy atom. The smallest absolute Gasteiger partial charge is 0.410 e. The van der Waals surface area contributed by atoms with Crippen LogP contribution in [0.25, 0.3) is 5.69 Å². The molecule has 22 heavy (non-hydrogen) atoms. The van der Waals surface area contributed by atoms with E-state index in [4.69, 9.17) is 4.74 Å². The predicted octanol–water partition coefficient (Wildman–Crippen LogP) is 2.77. The van der Waals surface area contributed by atoms with E-state index in [1.54, 1.807) is 40.0 Å². The van der Waals surface area contributed by atoms with Crippen molar-refractivity contribution in [2.75, 3.05) is 7.05 Å². The minimum absolute atomic E-state index is 0.200. The number of halogens is 1. The van der Waals surface area contributed by atoms with Gasteiger partial charge in [-0.2, -0.15) is 5.10 Å². The van der Waals surface area contributed by atoms with Crippen LogP contribution in [0, 0.1) is 5.82 Å². The van der Waals surface area contributed by atoms with Gasteiger partial charge in [-0.3, -0.25) is 0 Å². The first kappa shape index (κ1) is 15.9. The summed E-state index contributed by atoms with van der Waals surface area (Å²) >= 11 is 0. The van der Waals surface area contributed by atoms with E-state index in [0.717, 1.165) is 0 Å². The normalized spacial score (nSPS) is 11.3. The van der Waals surface area contributed by atoms with E-state index in [1.807, 2.05) is 0 Å². The zero-order chi connectivity index (χ0) is 16.3. The molecule has 0 saturated carbocycles. The highest BCUT2D eigenvalue weighted by Crippen LogP contribution is 2.13. The summed E-state index contributed by atoms with van der Waals surface area (Å²) in [6.07, 6.45) is 0.907. The van der Waals surface area contributed by atoms with Crippen LogP contribution < -0.4 is 0 Å². The molecule has 0 bridgehead atoms. The summed E-state index contributed by atoms with van der Waals surface area (Å²) in [6.45, 7) is 5.60. The van der Waals surface area contributed by atoms with Gasteiger partial charge in [-0.15, -0.1) is 0 Å². The van der Waals surface area contributed by atoms with Crippen molar-refractivity contribution in [3.63, 3.8) is 0 Å². The van der Waals surface area contributed by atoms with Crippen molar-refractivity contribution >= 4 is 6.09 Å². The van der Waals surface area contributed by atoms with Crippen LogP contribution in [0.4, 0.5) is 9.18 Å². The highest BCUT2D eigenvalue weighted by molar-refractivity contribution is 5.67. The van der Waals surface area contributed by atoms with E-state index < -0.39 is 11.7 Å². The van der Waals surface area contributed by atoms with Gasteiger partial charge < -0.3 is 9.64 Å². The molecule has 1 aromatic carbocycles. The molecule has 0 aliphatic carbocycles. The zero-order valence-electron chi connectivity index (χ0n) is 13.1. The fourth-order valence-corrected chi connectivity index (χ4v) is 1.81. The molecule has 6 nitrogen and oxygen atoms in total. The van der Waals surface area contributed by atoms with Crippen LogP contribution in [0.5, 0.6) is 0 Å². The van der Waals surface area contributed by atoms with Crippen molar-refractivity contribution in [1.82, 2.24) is 19.7 Å². The van der Waals surface area contributed by atoms with E-state index >= 15 is 0 Å². The van der Waals surface area contributed by atoms with Gasteiger partial charge in [0.1, 0.15) is 17.7 Å². The lowest BCUT2D eigenvalue weighted by Gasteiger charge is -2.24. The molecule has 118 valence electrons. The van der Waals surface area contributed by atoms with Crippen molar-refractivity contribution < 1.29 is 13.9 Å². The molecule has 0 fully saturated rings. The van der Waals surface area contributed by atoms with Gasteiger partial charge in [0.15, 0.2) is 5.82 Å². The molecule has 1 aromatic heterocycles. The second-order valence-electron chi connectivity index (χ2n) is 5.90. The summed E-state index contributed by atoms with van der Waals surface area (Å²) in [5.74, 6) is 0.151. The van der Waals surface area contributed by atoms with Gasteiger partial charge in [0.2, 0.25) is 0 Å². The van der Waals surface area contributed by atoms with Gasteiger partial charge in [0.05, 0.1) is 12.2 Å². The van der Waals surface area contributed by atoms with Gasteiger partial charge >= 0.3 is 6.09 Å². The molecule has 0 spiro atoms. The fraction of sp³-hybridized carbons (Fsp3) is 0.400. The molecule has 2 rings (SSSR count). The van der Waals surface area contributed by atoms with E-state index in [0.29, 0.717) is 11.5 Å². The zero-order valence-corrected chi connectivity index (χ0v) is 13.1. The van der Waals surface area contributed by atoms with Gasteiger partial charge in [0, 0.05) is 7.05 Å². The van der Waals surface area contributed by atoms with Crippen LogP contribution in [0.2, 0.25) is 0 Å². The first-order valence-corrected chi connectivity index (χ1v) is 6.85. The highest BCUT2D eigenvalue weighted by atomic mass is 19.1. The van der Waals surface area contributed by atoms with E-state index in [9.17, 15) is 9.18 Å². The molecule has 0 aliphatic rings. The third-order valence-corrected chi connectivity index (χ3v) is 2.75. The number of amides is 1. The minimum Gasteiger partial charge on any atom is -0.444 e. The maximum absolute atomic E-state index is 13.3. The monoisotopic (exact) mass is 306 g/mol. The first-order chi connectivity index (χ1) is 10.3. The average Bonchev–Trinajstić information content (AvgIpc) is 2.84. The molecule has 1 amide bonds. The number of aromatic nitrogens is 3. The molecule has 1 heterocycles. The quantitative estimate of drug-likeness (QED) is 0.875. The molecule has 0 saturated heterocycles. The van der Waals surface area contributed by atoms with Crippen molar-refractivity contribution in [1.29, 1.82) is 0 Å². The lowest BCUT2D eigenvalue weighted by molar-refractivity contribution is 0.0280. The molecule has 2 aromatic rings. The number of rotatable bonds is 3. The van der Waals surface area contributed by atoms with Gasteiger partial charge in [-0.1, -0.05) is 6.07 Å². The highest BCUT2D eigenvalue weighted by Gasteiger charge is 2.21. The topological polar surface area (TPSA) is 60.2 Å². The van der Waals surface area contributed by atoms with Crippen LogP contribution in [0.15, 0.2) is 30.6 Å². The lowest BCUT2D eigenvalue weighted by atomic mass is 10.2. The summed E-state index contributed by atoms with van der Waals surface area (Å²) in [7, 11) is 1.61. The second-order valence-corrected chi connectivity index (χ2v) is 5.90. The molecule has 0 unspecified atom stereocenters. The number of nitrogens with zero attached hydrogens (tertiary/aromatic N) is 4. The van der Waals surface area contributed by atoms with E-state index in [-0.39, 0.29) is 12.4 Å². The number of benzene rings is 1. The Morgan fingerprint density at radius 1 is 1.41 bits per heavy atom. The Bertz CT molecular complexity index is 664. The number of ether oxygens (including phenoxy) is 1. The van der Waals surface area contributed by atoms with Crippen molar-refractivity contribution in [3.8, 4) is 5.69 Å². The number of hydrogen-bond donors (Lipinski definition) is 0. The first-order valence-electron chi connectivity index (χ1n) is 6.85. The Morgan fingerprint density at radius 3 is 2.77 bits per heavy atom. The summed E-state index contributed by atoms with van der Waals surface area (Å²) in [5, 5.41) is 4.07. The van der Waals surface area contributed by atoms with Gasteiger partial charge in [-0.05, 0) is 39.0 Å². The molecule has 0 N–H and O–H groups in total. The van der Waals surface area contributed by atoms with Crippen molar-refractivity contribution in [2.45, 2.75) is 32.9 Å². The molecular formula is C15H19FN4O2. The Hall–Kier alpha value is -2.44. The summed E-state index contributed by atoms with van der Waals surface area (Å²) < 4.78 is 20.1. The van der Waals surface area contributed by atoms with Crippen LogP contribution in [0.1, 0.15) is 26.6 Å². The van der Waals surface area contributed by atoms with Crippen molar-refractivity contribution in [3.05, 3.63) is 42.2 Å². The molecular weight excluding hydrogens is 287 g/mol. The van der Waals surface area contributed by atoms with Crippen molar-refractivity contribution in [2.24, 2.45) is 0 Å². The van der Waals surface area contributed by atoms with Gasteiger partial charge in [0.25, 0.3) is 0 Å². The van der Waals surface area contributed by atoms with Crippen LogP contribution in [-0.4, -0.2) is 38.4 Å². The minimum atomic E-state index is -0.568. The number of hydrogen-bond acceptors (Lipinski definition) is 4. The standard InChI is InChI=1S/C15H19FN4O2/c1-15(2,3)22-14(21)19(4)9-13-17-10-18-20(13)12-7-5-6-11(16)8-12/h5-8,10H,9H2,1-4H3. The maximum atomic E-state index is 13.3. The maximum Gasteiger partial charge on any atom is 0.410 e. The predicted molar refractivity (Wildman–Crippen MR) is 79.0 cm³/mol. The third kappa shape index (κ3) is 4.03. The van der Waals surface area contributed by atoms with Crippen LogP contribution >= 0.6 is 0 Å². The molecule has 0 atom stereocenters. The third-order valence-electron chi connectivity index (χ3n) is 2.75. The summed E-state index contributed by atoms with van der Waals surface area (Å²) in [6, 6.07) is 6.01. The van der Waals surface area contributed by atoms with E-state index in [1.165, 1.54) is 28.0 Å². The largest absolute Gasteiger partial charge is 0.444 e. The molecule has 0 aliphatic heterocycles. The van der Waals surface area contributed by atoms with Gasteiger partial charge in [-0.25, -0.2) is 18.9 Å². The number of carbonyl (C=O) groups excluding carboxylic acids is 1. The van der Waals surface area contributed by atoms with Crippen LogP contribution in [0.3, 0.4) is 0 Å². The Kier molecular flexibility index (Phi) is 4.44. The SMILES string of the molecule is CN(Cc1ncnn1-c1cccc(F)c1)C(=O)OC(C)(C)C. The number of carbonyl (C=O) groups is 1. The molecule has 0 radical (unpaired) electrons. The molecule has 7 heteroatoms. The fourth-order valence-electron chi connectivity index (χ4n) is 1.81. The lowest BCUT2D eigenvalue weighted by Crippen LogP contribution is -2.34. The summed E-state index contributed by atoms with van der Waals surface area (Å²) in [5.41, 5.74) is -0.0215.